The maximum Gasteiger partial charge on any atom is 0.208 e. The van der Waals surface area contributed by atoms with Crippen LogP contribution in [0.25, 0.3) is 0 Å². The molecule has 5 heteroatoms. The van der Waals surface area contributed by atoms with Crippen molar-refractivity contribution in [2.24, 2.45) is 0 Å². The van der Waals surface area contributed by atoms with E-state index in [9.17, 15) is 13.2 Å². The Bertz CT molecular complexity index is 719. The fraction of sp³-hybridized carbons (Fsp3) is 0.0714. The number of sulfone groups is 1. The van der Waals surface area contributed by atoms with E-state index in [1.54, 1.807) is 12.1 Å². The molecule has 0 unspecified atom stereocenters. The maximum absolute atomic E-state index is 12.4. The van der Waals surface area contributed by atoms with Crippen molar-refractivity contribution in [1.29, 1.82) is 0 Å². The van der Waals surface area contributed by atoms with Crippen LogP contribution in [-0.2, 0) is 9.84 Å². The van der Waals surface area contributed by atoms with Gasteiger partial charge in [-0.2, -0.15) is 0 Å². The maximum atomic E-state index is 12.4. The van der Waals surface area contributed by atoms with Gasteiger partial charge in [-0.05, 0) is 31.2 Å². The molecule has 0 heterocycles. The minimum atomic E-state index is -3.70. The van der Waals surface area contributed by atoms with Crippen molar-refractivity contribution < 1.29 is 13.2 Å². The summed E-state index contributed by atoms with van der Waals surface area (Å²) in [6.07, 6.45) is 0.545. The van der Waals surface area contributed by atoms with Gasteiger partial charge in [-0.25, -0.2) is 8.42 Å². The Morgan fingerprint density at radius 2 is 1.68 bits per heavy atom. The predicted molar refractivity (Wildman–Crippen MR) is 72.9 cm³/mol. The van der Waals surface area contributed by atoms with Crippen LogP contribution in [0.5, 0.6) is 0 Å². The zero-order valence-corrected chi connectivity index (χ0v) is 11.1. The number of anilines is 1. The van der Waals surface area contributed by atoms with Crippen molar-refractivity contribution in [2.45, 2.75) is 16.7 Å². The van der Waals surface area contributed by atoms with Crippen LogP contribution in [-0.4, -0.2) is 14.7 Å². The van der Waals surface area contributed by atoms with E-state index in [1.165, 1.54) is 30.3 Å². The first-order chi connectivity index (χ1) is 8.96. The molecule has 0 saturated heterocycles. The van der Waals surface area contributed by atoms with Crippen LogP contribution in [0.4, 0.5) is 5.69 Å². The van der Waals surface area contributed by atoms with Crippen LogP contribution in [0.2, 0.25) is 0 Å². The van der Waals surface area contributed by atoms with Crippen molar-refractivity contribution in [3.8, 4) is 0 Å². The van der Waals surface area contributed by atoms with E-state index >= 15 is 0 Å². The molecule has 0 radical (unpaired) electrons. The number of aldehydes is 1. The average molecular weight is 275 g/mol. The zero-order chi connectivity index (χ0) is 14.0. The average Bonchev–Trinajstić information content (AvgIpc) is 2.39. The molecule has 0 spiro atoms. The summed E-state index contributed by atoms with van der Waals surface area (Å²) in [5.41, 5.74) is 6.86. The number of hydrogen-bond acceptors (Lipinski definition) is 4. The Morgan fingerprint density at radius 3 is 2.26 bits per heavy atom. The number of nitrogen functional groups attached to an aromatic ring is 1. The van der Waals surface area contributed by atoms with Gasteiger partial charge in [0.25, 0.3) is 0 Å². The largest absolute Gasteiger partial charge is 0.397 e. The van der Waals surface area contributed by atoms with Crippen LogP contribution in [0.3, 0.4) is 0 Å². The highest BCUT2D eigenvalue weighted by Gasteiger charge is 2.21. The molecule has 0 fully saturated rings. The number of hydrogen-bond donors (Lipinski definition) is 1. The molecule has 0 aliphatic heterocycles. The highest BCUT2D eigenvalue weighted by Crippen LogP contribution is 2.27. The Labute approximate surface area is 111 Å². The summed E-state index contributed by atoms with van der Waals surface area (Å²) in [5.74, 6) is 0. The van der Waals surface area contributed by atoms with E-state index in [0.717, 1.165) is 5.56 Å². The Kier molecular flexibility index (Phi) is 3.40. The molecule has 0 amide bonds. The summed E-state index contributed by atoms with van der Waals surface area (Å²) >= 11 is 0. The van der Waals surface area contributed by atoms with Crippen molar-refractivity contribution in [3.63, 3.8) is 0 Å². The van der Waals surface area contributed by atoms with Crippen LogP contribution in [0.15, 0.2) is 52.3 Å². The molecule has 0 aliphatic rings. The lowest BCUT2D eigenvalue weighted by Crippen LogP contribution is -2.07. The van der Waals surface area contributed by atoms with Crippen molar-refractivity contribution in [2.75, 3.05) is 5.73 Å². The molecule has 19 heavy (non-hydrogen) atoms. The van der Waals surface area contributed by atoms with Gasteiger partial charge in [0.05, 0.1) is 15.5 Å². The highest BCUT2D eigenvalue weighted by atomic mass is 32.2. The van der Waals surface area contributed by atoms with Crippen molar-refractivity contribution >= 4 is 21.8 Å². The third-order valence-corrected chi connectivity index (χ3v) is 4.68. The second kappa shape index (κ2) is 4.85. The number of benzene rings is 2. The summed E-state index contributed by atoms with van der Waals surface area (Å²) in [6.45, 7) is 1.87. The van der Waals surface area contributed by atoms with Crippen molar-refractivity contribution in [1.82, 2.24) is 0 Å². The SMILES string of the molecule is Cc1ccc(S(=O)(=O)c2cccc(C=O)c2N)cc1. The van der Waals surface area contributed by atoms with Gasteiger partial charge in [0, 0.05) is 5.56 Å². The lowest BCUT2D eigenvalue weighted by atomic mass is 10.2. The number of carbonyl (C=O) groups is 1. The Hall–Kier alpha value is -2.14. The molecule has 2 aromatic carbocycles. The van der Waals surface area contributed by atoms with E-state index in [2.05, 4.69) is 0 Å². The monoisotopic (exact) mass is 275 g/mol. The summed E-state index contributed by atoms with van der Waals surface area (Å²) in [4.78, 5) is 10.9. The van der Waals surface area contributed by atoms with E-state index < -0.39 is 9.84 Å². The standard InChI is InChI=1S/C14H13NO3S/c1-10-5-7-12(8-6-10)19(17,18)13-4-2-3-11(9-16)14(13)15/h2-9H,15H2,1H3. The highest BCUT2D eigenvalue weighted by molar-refractivity contribution is 7.91. The number of para-hydroxylation sites is 1. The fourth-order valence-corrected chi connectivity index (χ4v) is 3.16. The minimum Gasteiger partial charge on any atom is -0.397 e. The first kappa shape index (κ1) is 13.3. The Morgan fingerprint density at radius 1 is 1.05 bits per heavy atom. The van der Waals surface area contributed by atoms with Crippen LogP contribution < -0.4 is 5.73 Å². The molecule has 2 aromatic rings. The molecular weight excluding hydrogens is 262 g/mol. The molecule has 0 aromatic heterocycles. The normalized spacial score (nSPS) is 11.2. The minimum absolute atomic E-state index is 0.0157. The molecule has 4 nitrogen and oxygen atoms in total. The third kappa shape index (κ3) is 2.37. The molecule has 98 valence electrons. The molecule has 0 bridgehead atoms. The van der Waals surface area contributed by atoms with Gasteiger partial charge in [-0.1, -0.05) is 23.8 Å². The first-order valence-electron chi connectivity index (χ1n) is 5.62. The topological polar surface area (TPSA) is 77.2 Å². The van der Waals surface area contributed by atoms with Crippen molar-refractivity contribution in [3.05, 3.63) is 53.6 Å². The molecule has 0 aliphatic carbocycles. The molecule has 2 N–H and O–H groups in total. The summed E-state index contributed by atoms with van der Waals surface area (Å²) in [7, 11) is -3.70. The summed E-state index contributed by atoms with van der Waals surface area (Å²) < 4.78 is 24.9. The van der Waals surface area contributed by atoms with Gasteiger partial charge >= 0.3 is 0 Å². The van der Waals surface area contributed by atoms with E-state index in [0.29, 0.717) is 6.29 Å². The second-order valence-corrected chi connectivity index (χ2v) is 6.11. The second-order valence-electron chi connectivity index (χ2n) is 4.19. The van der Waals surface area contributed by atoms with E-state index in [4.69, 9.17) is 5.73 Å². The van der Waals surface area contributed by atoms with Gasteiger partial charge in [-0.15, -0.1) is 0 Å². The molecule has 2 rings (SSSR count). The number of rotatable bonds is 3. The predicted octanol–water partition coefficient (Wildman–Crippen LogP) is 2.22. The third-order valence-electron chi connectivity index (χ3n) is 2.85. The van der Waals surface area contributed by atoms with Gasteiger partial charge < -0.3 is 5.73 Å². The lowest BCUT2D eigenvalue weighted by molar-refractivity contribution is 0.112. The number of carbonyl (C=O) groups excluding carboxylic acids is 1. The fourth-order valence-electron chi connectivity index (χ4n) is 1.74. The molecular formula is C14H13NO3S. The smallest absolute Gasteiger partial charge is 0.208 e. The lowest BCUT2D eigenvalue weighted by Gasteiger charge is -2.09. The van der Waals surface area contributed by atoms with Crippen LogP contribution in [0.1, 0.15) is 15.9 Å². The number of nitrogens with two attached hydrogens (primary N) is 1. The van der Waals surface area contributed by atoms with E-state index in [1.807, 2.05) is 6.92 Å². The summed E-state index contributed by atoms with van der Waals surface area (Å²) in [6, 6.07) is 10.9. The zero-order valence-electron chi connectivity index (χ0n) is 10.3. The quantitative estimate of drug-likeness (QED) is 0.688. The summed E-state index contributed by atoms with van der Waals surface area (Å²) in [5, 5.41) is 0. The number of aryl methyl sites for hydroxylation is 1. The van der Waals surface area contributed by atoms with Gasteiger partial charge in [-0.3, -0.25) is 4.79 Å². The molecule has 0 saturated carbocycles. The van der Waals surface area contributed by atoms with E-state index in [-0.39, 0.29) is 21.0 Å². The van der Waals surface area contributed by atoms with Gasteiger partial charge in [0.15, 0.2) is 6.29 Å². The molecule has 0 atom stereocenters. The van der Waals surface area contributed by atoms with Gasteiger partial charge in [0.1, 0.15) is 0 Å². The van der Waals surface area contributed by atoms with Crippen LogP contribution in [0, 0.1) is 6.92 Å². The van der Waals surface area contributed by atoms with Gasteiger partial charge in [0.2, 0.25) is 9.84 Å². The first-order valence-corrected chi connectivity index (χ1v) is 7.10. The Balaban J connectivity index is 2.63. The van der Waals surface area contributed by atoms with Crippen LogP contribution >= 0.6 is 0 Å².